The monoisotopic (exact) mass is 412 g/mol. The Morgan fingerprint density at radius 1 is 0.967 bits per heavy atom. The summed E-state index contributed by atoms with van der Waals surface area (Å²) in [5.41, 5.74) is 2.77. The zero-order valence-corrected chi connectivity index (χ0v) is 16.8. The normalized spacial score (nSPS) is 11.1. The van der Waals surface area contributed by atoms with E-state index in [9.17, 15) is 9.59 Å². The SMILES string of the molecule is Cc1cccc(-n2nc(C(=O)c3cccs3)n3c(=O)cc(-c4ccccc4)nc23)c1. The van der Waals surface area contributed by atoms with Crippen molar-refractivity contribution in [2.45, 2.75) is 6.92 Å². The molecule has 0 radical (unpaired) electrons. The predicted molar refractivity (Wildman–Crippen MR) is 117 cm³/mol. The van der Waals surface area contributed by atoms with Crippen molar-refractivity contribution < 1.29 is 4.79 Å². The molecular weight excluding hydrogens is 396 g/mol. The molecule has 5 rings (SSSR count). The average molecular weight is 412 g/mol. The summed E-state index contributed by atoms with van der Waals surface area (Å²) in [6, 6.07) is 22.1. The van der Waals surface area contributed by atoms with Gasteiger partial charge in [-0.3, -0.25) is 9.59 Å². The summed E-state index contributed by atoms with van der Waals surface area (Å²) in [7, 11) is 0. The molecule has 0 fully saturated rings. The van der Waals surface area contributed by atoms with Gasteiger partial charge in [-0.05, 0) is 36.1 Å². The molecule has 0 N–H and O–H groups in total. The van der Waals surface area contributed by atoms with Crippen LogP contribution in [0.25, 0.3) is 22.7 Å². The molecule has 7 heteroatoms. The van der Waals surface area contributed by atoms with Crippen LogP contribution in [0.5, 0.6) is 0 Å². The Bertz CT molecular complexity index is 1430. The largest absolute Gasteiger partial charge is 0.284 e. The molecule has 0 amide bonds. The van der Waals surface area contributed by atoms with Crippen LogP contribution in [0.2, 0.25) is 0 Å². The Balaban J connectivity index is 1.82. The van der Waals surface area contributed by atoms with Crippen LogP contribution in [0.1, 0.15) is 21.1 Å². The zero-order valence-electron chi connectivity index (χ0n) is 16.0. The van der Waals surface area contributed by atoms with E-state index < -0.39 is 0 Å². The van der Waals surface area contributed by atoms with Gasteiger partial charge in [0.2, 0.25) is 17.4 Å². The molecule has 0 spiro atoms. The number of aryl methyl sites for hydroxylation is 1. The minimum absolute atomic E-state index is 0.0473. The maximum Gasteiger partial charge on any atom is 0.261 e. The Labute approximate surface area is 175 Å². The van der Waals surface area contributed by atoms with E-state index in [0.29, 0.717) is 16.3 Å². The molecule has 0 aliphatic rings. The fourth-order valence-electron chi connectivity index (χ4n) is 3.35. The highest BCUT2D eigenvalue weighted by Crippen LogP contribution is 2.21. The van der Waals surface area contributed by atoms with Gasteiger partial charge in [0.15, 0.2) is 0 Å². The third kappa shape index (κ3) is 3.05. The Hall–Kier alpha value is -3.84. The molecule has 0 aliphatic heterocycles. The standard InChI is InChI=1S/C23H16N4O2S/c1-15-7-5-10-17(13-15)27-23-24-18(16-8-3-2-4-9-16)14-20(28)26(23)22(25-27)21(29)19-11-6-12-30-19/h2-14H,1H3. The van der Waals surface area contributed by atoms with Crippen LogP contribution >= 0.6 is 11.3 Å². The number of benzene rings is 2. The van der Waals surface area contributed by atoms with Crippen LogP contribution in [0.3, 0.4) is 0 Å². The van der Waals surface area contributed by atoms with Gasteiger partial charge in [0.25, 0.3) is 5.56 Å². The lowest BCUT2D eigenvalue weighted by atomic mass is 10.1. The number of fused-ring (bicyclic) bond motifs is 1. The average Bonchev–Trinajstić information content (AvgIpc) is 3.42. The van der Waals surface area contributed by atoms with Crippen molar-refractivity contribution in [3.8, 4) is 16.9 Å². The first-order valence-corrected chi connectivity index (χ1v) is 10.2. The summed E-state index contributed by atoms with van der Waals surface area (Å²) in [4.78, 5) is 31.4. The molecule has 5 aromatic rings. The van der Waals surface area contributed by atoms with Gasteiger partial charge in [0.1, 0.15) is 0 Å². The highest BCUT2D eigenvalue weighted by Gasteiger charge is 2.23. The number of aromatic nitrogens is 4. The second kappa shape index (κ2) is 7.20. The van der Waals surface area contributed by atoms with Crippen LogP contribution in [0.4, 0.5) is 0 Å². The van der Waals surface area contributed by atoms with Crippen LogP contribution in [-0.4, -0.2) is 24.9 Å². The fraction of sp³-hybridized carbons (Fsp3) is 0.0435. The van der Waals surface area contributed by atoms with E-state index in [1.165, 1.54) is 21.8 Å². The molecule has 0 saturated carbocycles. The maximum atomic E-state index is 13.1. The molecule has 0 saturated heterocycles. The summed E-state index contributed by atoms with van der Waals surface area (Å²) >= 11 is 1.31. The smallest absolute Gasteiger partial charge is 0.261 e. The van der Waals surface area contributed by atoms with Gasteiger partial charge in [0, 0.05) is 11.6 Å². The van der Waals surface area contributed by atoms with E-state index in [1.54, 1.807) is 16.8 Å². The summed E-state index contributed by atoms with van der Waals surface area (Å²) in [6.07, 6.45) is 0. The van der Waals surface area contributed by atoms with Crippen molar-refractivity contribution in [1.82, 2.24) is 19.2 Å². The van der Waals surface area contributed by atoms with Crippen molar-refractivity contribution in [1.29, 1.82) is 0 Å². The van der Waals surface area contributed by atoms with E-state index in [2.05, 4.69) is 5.10 Å². The van der Waals surface area contributed by atoms with E-state index >= 15 is 0 Å². The van der Waals surface area contributed by atoms with Crippen molar-refractivity contribution >= 4 is 22.9 Å². The first-order chi connectivity index (χ1) is 14.6. The van der Waals surface area contributed by atoms with Gasteiger partial charge in [-0.15, -0.1) is 16.4 Å². The number of carbonyl (C=O) groups is 1. The number of hydrogen-bond donors (Lipinski definition) is 0. The fourth-order valence-corrected chi connectivity index (χ4v) is 4.01. The Morgan fingerprint density at radius 2 is 1.80 bits per heavy atom. The number of thiophene rings is 1. The molecule has 2 aromatic carbocycles. The number of rotatable bonds is 4. The van der Waals surface area contributed by atoms with E-state index in [0.717, 1.165) is 16.8 Å². The van der Waals surface area contributed by atoms with Gasteiger partial charge in [0.05, 0.1) is 16.3 Å². The second-order valence-corrected chi connectivity index (χ2v) is 7.81. The summed E-state index contributed by atoms with van der Waals surface area (Å²) in [6.45, 7) is 1.97. The zero-order chi connectivity index (χ0) is 20.7. The summed E-state index contributed by atoms with van der Waals surface area (Å²) in [5.74, 6) is 0.0377. The van der Waals surface area contributed by atoms with Gasteiger partial charge in [-0.25, -0.2) is 9.38 Å². The lowest BCUT2D eigenvalue weighted by Gasteiger charge is -2.05. The molecule has 3 heterocycles. The molecular formula is C23H16N4O2S. The van der Waals surface area contributed by atoms with Crippen molar-refractivity contribution in [3.63, 3.8) is 0 Å². The molecule has 0 unspecified atom stereocenters. The van der Waals surface area contributed by atoms with Crippen LogP contribution in [0, 0.1) is 6.92 Å². The first-order valence-electron chi connectivity index (χ1n) is 9.35. The van der Waals surface area contributed by atoms with E-state index in [-0.39, 0.29) is 17.2 Å². The highest BCUT2D eigenvalue weighted by atomic mass is 32.1. The molecule has 0 aliphatic carbocycles. The maximum absolute atomic E-state index is 13.1. The molecule has 0 bridgehead atoms. The van der Waals surface area contributed by atoms with Crippen molar-refractivity contribution in [2.75, 3.05) is 0 Å². The quantitative estimate of drug-likeness (QED) is 0.416. The lowest BCUT2D eigenvalue weighted by Crippen LogP contribution is -2.19. The van der Waals surface area contributed by atoms with Gasteiger partial charge < -0.3 is 0 Å². The molecule has 146 valence electrons. The minimum Gasteiger partial charge on any atom is -0.284 e. The highest BCUT2D eigenvalue weighted by molar-refractivity contribution is 7.12. The van der Waals surface area contributed by atoms with Gasteiger partial charge >= 0.3 is 0 Å². The van der Waals surface area contributed by atoms with Crippen molar-refractivity contribution in [2.24, 2.45) is 0 Å². The number of ketones is 1. The molecule has 3 aromatic heterocycles. The van der Waals surface area contributed by atoms with Gasteiger partial charge in [-0.1, -0.05) is 48.5 Å². The van der Waals surface area contributed by atoms with Crippen LogP contribution in [0.15, 0.2) is 83.0 Å². The topological polar surface area (TPSA) is 69.3 Å². The van der Waals surface area contributed by atoms with Crippen LogP contribution < -0.4 is 5.56 Å². The Morgan fingerprint density at radius 3 is 2.53 bits per heavy atom. The third-order valence-electron chi connectivity index (χ3n) is 4.76. The minimum atomic E-state index is -0.349. The summed E-state index contributed by atoms with van der Waals surface area (Å²) < 4.78 is 2.85. The lowest BCUT2D eigenvalue weighted by molar-refractivity contribution is 0.103. The van der Waals surface area contributed by atoms with Crippen molar-refractivity contribution in [3.05, 3.63) is 105 Å². The van der Waals surface area contributed by atoms with Gasteiger partial charge in [-0.2, -0.15) is 4.68 Å². The molecule has 6 nitrogen and oxygen atoms in total. The van der Waals surface area contributed by atoms with E-state index in [1.807, 2.05) is 66.9 Å². The molecule has 30 heavy (non-hydrogen) atoms. The Kier molecular flexibility index (Phi) is 4.37. The third-order valence-corrected chi connectivity index (χ3v) is 5.63. The van der Waals surface area contributed by atoms with Crippen LogP contribution in [-0.2, 0) is 0 Å². The number of carbonyl (C=O) groups excluding carboxylic acids is 1. The number of nitrogens with zero attached hydrogens (tertiary/aromatic N) is 4. The predicted octanol–water partition coefficient (Wildman–Crippen LogP) is 4.15. The number of hydrogen-bond acceptors (Lipinski definition) is 5. The van der Waals surface area contributed by atoms with E-state index in [4.69, 9.17) is 4.98 Å². The molecule has 0 atom stereocenters. The summed E-state index contributed by atoms with van der Waals surface area (Å²) in [5, 5.41) is 6.35. The first kappa shape index (κ1) is 18.2. The second-order valence-electron chi connectivity index (χ2n) is 6.86.